The normalized spacial score (nSPS) is 12.6. The first-order chi connectivity index (χ1) is 7.94. The molecule has 18 heavy (non-hydrogen) atoms. The Morgan fingerprint density at radius 1 is 1.06 bits per heavy atom. The molecule has 0 radical (unpaired) electrons. The fourth-order valence-corrected chi connectivity index (χ4v) is 2.19. The Balaban J connectivity index is 3.67. The van der Waals surface area contributed by atoms with Crippen LogP contribution in [-0.4, -0.2) is 5.91 Å². The minimum Gasteiger partial charge on any atom is -0.366 e. The maximum Gasteiger partial charge on any atom is 0.418 e. The number of benzene rings is 1. The molecule has 1 aromatic carbocycles. The minimum absolute atomic E-state index is 0.104. The molecule has 1 amide bonds. The van der Waals surface area contributed by atoms with E-state index in [0.717, 1.165) is 22.6 Å². The zero-order valence-corrected chi connectivity index (χ0v) is 10.4. The summed E-state index contributed by atoms with van der Waals surface area (Å²) >= 11 is 1.08. The Bertz CT molecular complexity index is 493. The predicted octanol–water partition coefficient (Wildman–Crippen LogP) is 3.43. The van der Waals surface area contributed by atoms with Crippen molar-refractivity contribution in [3.8, 4) is 0 Å². The fourth-order valence-electron chi connectivity index (χ4n) is 1.26. The number of halogens is 7. The second-order valence-electron chi connectivity index (χ2n) is 3.24. The van der Waals surface area contributed by atoms with Crippen LogP contribution < -0.4 is 5.73 Å². The van der Waals surface area contributed by atoms with Crippen molar-refractivity contribution < 1.29 is 31.1 Å². The van der Waals surface area contributed by atoms with Crippen LogP contribution in [0.4, 0.5) is 26.3 Å². The number of nitrogens with two attached hydrogens (primary N) is 1. The summed E-state index contributed by atoms with van der Waals surface area (Å²) in [6.45, 7) is 0. The van der Waals surface area contributed by atoms with Crippen molar-refractivity contribution >= 4 is 28.5 Å². The number of carbonyl (C=O) groups is 1. The lowest BCUT2D eigenvalue weighted by Gasteiger charge is -2.17. The van der Waals surface area contributed by atoms with E-state index < -0.39 is 38.5 Å². The van der Waals surface area contributed by atoms with Crippen molar-refractivity contribution in [3.05, 3.63) is 32.4 Å². The van der Waals surface area contributed by atoms with Crippen LogP contribution in [0, 0.1) is 3.57 Å². The summed E-state index contributed by atoms with van der Waals surface area (Å²) in [7, 11) is 0. The van der Waals surface area contributed by atoms with Gasteiger partial charge in [-0.2, -0.15) is 26.3 Å². The van der Waals surface area contributed by atoms with Gasteiger partial charge in [-0.05, 0) is 34.7 Å². The van der Waals surface area contributed by atoms with Crippen molar-refractivity contribution in [2.45, 2.75) is 12.4 Å². The lowest BCUT2D eigenvalue weighted by Crippen LogP contribution is -2.21. The first-order valence-corrected chi connectivity index (χ1v) is 5.30. The fraction of sp³-hybridized carbons (Fsp3) is 0.222. The summed E-state index contributed by atoms with van der Waals surface area (Å²) in [5, 5.41) is 0. The second-order valence-corrected chi connectivity index (χ2v) is 4.40. The van der Waals surface area contributed by atoms with E-state index in [-0.39, 0.29) is 6.07 Å². The van der Waals surface area contributed by atoms with Crippen LogP contribution in [0.2, 0.25) is 0 Å². The third-order valence-electron chi connectivity index (χ3n) is 1.96. The molecule has 0 fully saturated rings. The second kappa shape index (κ2) is 4.59. The first kappa shape index (κ1) is 15.1. The van der Waals surface area contributed by atoms with E-state index in [9.17, 15) is 31.1 Å². The lowest BCUT2D eigenvalue weighted by molar-refractivity contribution is -0.162. The highest BCUT2D eigenvalue weighted by molar-refractivity contribution is 14.1. The lowest BCUT2D eigenvalue weighted by atomic mass is 10.0. The highest BCUT2D eigenvalue weighted by Crippen LogP contribution is 2.42. The van der Waals surface area contributed by atoms with Gasteiger partial charge in [-0.3, -0.25) is 4.79 Å². The van der Waals surface area contributed by atoms with Gasteiger partial charge in [0.15, 0.2) is 0 Å². The summed E-state index contributed by atoms with van der Waals surface area (Å²) < 4.78 is 74.6. The van der Waals surface area contributed by atoms with Crippen LogP contribution >= 0.6 is 22.6 Å². The van der Waals surface area contributed by atoms with E-state index in [2.05, 4.69) is 0 Å². The molecule has 0 bridgehead atoms. The largest absolute Gasteiger partial charge is 0.418 e. The van der Waals surface area contributed by atoms with Gasteiger partial charge in [0, 0.05) is 9.13 Å². The number of alkyl halides is 6. The number of hydrogen-bond donors (Lipinski definition) is 1. The maximum absolute atomic E-state index is 12.6. The number of carbonyl (C=O) groups excluding carboxylic acids is 1. The third kappa shape index (κ3) is 3.06. The third-order valence-corrected chi connectivity index (χ3v) is 2.81. The highest BCUT2D eigenvalue weighted by Gasteiger charge is 2.45. The molecule has 0 spiro atoms. The van der Waals surface area contributed by atoms with E-state index in [1.165, 1.54) is 0 Å². The average Bonchev–Trinajstić information content (AvgIpc) is 2.12. The minimum atomic E-state index is -5.23. The van der Waals surface area contributed by atoms with Crippen LogP contribution in [0.15, 0.2) is 12.1 Å². The summed E-state index contributed by atoms with van der Waals surface area (Å²) in [6, 6.07) is 0.772. The molecule has 2 nitrogen and oxygen atoms in total. The van der Waals surface area contributed by atoms with Crippen molar-refractivity contribution in [2.24, 2.45) is 5.73 Å². The van der Waals surface area contributed by atoms with Crippen molar-refractivity contribution in [1.82, 2.24) is 0 Å². The molecule has 100 valence electrons. The predicted molar refractivity (Wildman–Crippen MR) is 57.7 cm³/mol. The van der Waals surface area contributed by atoms with Crippen LogP contribution in [0.3, 0.4) is 0 Å². The van der Waals surface area contributed by atoms with Crippen LogP contribution in [0.25, 0.3) is 0 Å². The molecule has 1 aromatic rings. The Kier molecular flexibility index (Phi) is 3.84. The topological polar surface area (TPSA) is 43.1 Å². The molecule has 0 aliphatic heterocycles. The van der Waals surface area contributed by atoms with Gasteiger partial charge in [0.25, 0.3) is 0 Å². The molecule has 2 N–H and O–H groups in total. The van der Waals surface area contributed by atoms with Crippen molar-refractivity contribution in [3.63, 3.8) is 0 Å². The molecule has 9 heteroatoms. The quantitative estimate of drug-likeness (QED) is 0.586. The van der Waals surface area contributed by atoms with Crippen LogP contribution in [-0.2, 0) is 12.4 Å². The number of amides is 1. The standard InChI is InChI=1S/C9H4F6INO/c10-8(11,12)4-1-3(7(17)18)2-5(16)6(4)9(13,14)15/h1-2H,(H2,17,18). The molecule has 0 saturated carbocycles. The number of hydrogen-bond acceptors (Lipinski definition) is 1. The summed E-state index contributed by atoms with van der Waals surface area (Å²) in [5.41, 5.74) is 0.398. The smallest absolute Gasteiger partial charge is 0.366 e. The van der Waals surface area contributed by atoms with Gasteiger partial charge in [-0.25, -0.2) is 0 Å². The molecule has 0 aliphatic rings. The zero-order chi connectivity index (χ0) is 14.3. The molecule has 0 saturated heterocycles. The Morgan fingerprint density at radius 2 is 1.56 bits per heavy atom. The molecule has 0 atom stereocenters. The van der Waals surface area contributed by atoms with Gasteiger partial charge >= 0.3 is 12.4 Å². The molecule has 0 aliphatic carbocycles. The monoisotopic (exact) mass is 383 g/mol. The zero-order valence-electron chi connectivity index (χ0n) is 8.29. The van der Waals surface area contributed by atoms with Gasteiger partial charge in [-0.1, -0.05) is 0 Å². The van der Waals surface area contributed by atoms with Gasteiger partial charge in [0.1, 0.15) is 0 Å². The molecular weight excluding hydrogens is 379 g/mol. The van der Waals surface area contributed by atoms with Gasteiger partial charge in [0.2, 0.25) is 5.91 Å². The Hall–Kier alpha value is -1.00. The number of primary amides is 1. The molecule has 0 heterocycles. The first-order valence-electron chi connectivity index (χ1n) is 4.22. The van der Waals surface area contributed by atoms with Gasteiger partial charge in [-0.15, -0.1) is 0 Å². The maximum atomic E-state index is 12.6. The molecule has 0 aromatic heterocycles. The van der Waals surface area contributed by atoms with Gasteiger partial charge in [0.05, 0.1) is 11.1 Å². The van der Waals surface area contributed by atoms with E-state index in [0.29, 0.717) is 6.07 Å². The summed E-state index contributed by atoms with van der Waals surface area (Å²) in [6.07, 6.45) is -10.4. The van der Waals surface area contributed by atoms with Crippen molar-refractivity contribution in [2.75, 3.05) is 0 Å². The Morgan fingerprint density at radius 3 is 1.89 bits per heavy atom. The average molecular weight is 383 g/mol. The summed E-state index contributed by atoms with van der Waals surface area (Å²) in [5.74, 6) is -1.23. The van der Waals surface area contributed by atoms with E-state index >= 15 is 0 Å². The van der Waals surface area contributed by atoms with Crippen LogP contribution in [0.5, 0.6) is 0 Å². The SMILES string of the molecule is NC(=O)c1cc(I)c(C(F)(F)F)c(C(F)(F)F)c1. The van der Waals surface area contributed by atoms with E-state index in [1.807, 2.05) is 0 Å². The highest BCUT2D eigenvalue weighted by atomic mass is 127. The summed E-state index contributed by atoms with van der Waals surface area (Å²) in [4.78, 5) is 10.8. The van der Waals surface area contributed by atoms with Gasteiger partial charge < -0.3 is 5.73 Å². The van der Waals surface area contributed by atoms with Crippen LogP contribution in [0.1, 0.15) is 21.5 Å². The molecule has 0 unspecified atom stereocenters. The Labute approximate surface area is 110 Å². The molecular formula is C9H4F6INO. The molecule has 1 rings (SSSR count). The van der Waals surface area contributed by atoms with Crippen molar-refractivity contribution in [1.29, 1.82) is 0 Å². The van der Waals surface area contributed by atoms with E-state index in [1.54, 1.807) is 0 Å². The number of rotatable bonds is 1. The van der Waals surface area contributed by atoms with E-state index in [4.69, 9.17) is 5.73 Å².